The van der Waals surface area contributed by atoms with Crippen LogP contribution in [0.1, 0.15) is 52.4 Å². The highest BCUT2D eigenvalue weighted by atomic mass is 16.6. The maximum Gasteiger partial charge on any atom is 0.271 e. The van der Waals surface area contributed by atoms with Crippen molar-refractivity contribution < 1.29 is 14.5 Å². The number of nitrogens with zero attached hydrogens (tertiary/aromatic N) is 1. The molecule has 7 nitrogen and oxygen atoms in total. The van der Waals surface area contributed by atoms with Gasteiger partial charge in [0, 0.05) is 36.7 Å². The van der Waals surface area contributed by atoms with Crippen molar-refractivity contribution in [1.29, 1.82) is 0 Å². The molecule has 2 N–H and O–H groups in total. The maximum atomic E-state index is 11.8. The second kappa shape index (κ2) is 10.4. The van der Waals surface area contributed by atoms with Crippen molar-refractivity contribution in [2.24, 2.45) is 0 Å². The number of benzene rings is 1. The Morgan fingerprint density at radius 2 is 1.92 bits per heavy atom. The summed E-state index contributed by atoms with van der Waals surface area (Å²) in [5.41, 5.74) is 0.258. The Kier molecular flexibility index (Phi) is 8.46. The molecule has 0 aromatic heterocycles. The zero-order valence-corrected chi connectivity index (χ0v) is 14.2. The van der Waals surface area contributed by atoms with Gasteiger partial charge >= 0.3 is 0 Å². The molecule has 1 atom stereocenters. The summed E-state index contributed by atoms with van der Waals surface area (Å²) in [6.07, 6.45) is 4.42. The van der Waals surface area contributed by atoms with E-state index in [9.17, 15) is 19.7 Å². The standard InChI is InChI=1S/C17H25N3O4/c1-3-4-5-7-13(2)18-16(21)10-11-17(22)19-14-8-6-9-15(12-14)20(23)24/h6,8-9,12-13H,3-5,7,10-11H2,1-2H3,(H,18,21)(H,19,22). The van der Waals surface area contributed by atoms with Gasteiger partial charge in [-0.3, -0.25) is 19.7 Å². The van der Waals surface area contributed by atoms with Crippen LogP contribution < -0.4 is 10.6 Å². The summed E-state index contributed by atoms with van der Waals surface area (Å²) in [4.78, 5) is 33.8. The van der Waals surface area contributed by atoms with Gasteiger partial charge in [-0.15, -0.1) is 0 Å². The average molecular weight is 335 g/mol. The minimum atomic E-state index is -0.525. The number of carbonyl (C=O) groups excluding carboxylic acids is 2. The molecule has 0 bridgehead atoms. The highest BCUT2D eigenvalue weighted by Gasteiger charge is 2.11. The van der Waals surface area contributed by atoms with E-state index in [1.807, 2.05) is 6.92 Å². The third-order valence-corrected chi connectivity index (χ3v) is 3.57. The Labute approximate surface area is 142 Å². The van der Waals surface area contributed by atoms with Crippen LogP contribution in [-0.4, -0.2) is 22.8 Å². The average Bonchev–Trinajstić information content (AvgIpc) is 2.53. The number of nitro benzene ring substituents is 1. The van der Waals surface area contributed by atoms with Crippen molar-refractivity contribution in [3.8, 4) is 0 Å². The van der Waals surface area contributed by atoms with Crippen LogP contribution >= 0.6 is 0 Å². The van der Waals surface area contributed by atoms with Gasteiger partial charge in [-0.05, 0) is 19.4 Å². The van der Waals surface area contributed by atoms with E-state index in [4.69, 9.17) is 0 Å². The summed E-state index contributed by atoms with van der Waals surface area (Å²) in [7, 11) is 0. The molecule has 1 aromatic rings. The molecule has 132 valence electrons. The van der Waals surface area contributed by atoms with Crippen molar-refractivity contribution in [2.45, 2.75) is 58.4 Å². The molecular formula is C17H25N3O4. The van der Waals surface area contributed by atoms with Crippen LogP contribution in [-0.2, 0) is 9.59 Å². The monoisotopic (exact) mass is 335 g/mol. The Morgan fingerprint density at radius 3 is 2.58 bits per heavy atom. The lowest BCUT2D eigenvalue weighted by Gasteiger charge is -2.13. The molecule has 1 aromatic carbocycles. The predicted octanol–water partition coefficient (Wildman–Crippen LogP) is 3.40. The molecule has 2 amide bonds. The molecule has 0 aliphatic heterocycles. The molecule has 0 aliphatic carbocycles. The number of nitro groups is 1. The zero-order valence-electron chi connectivity index (χ0n) is 14.2. The first-order chi connectivity index (χ1) is 11.4. The van der Waals surface area contributed by atoms with E-state index < -0.39 is 4.92 Å². The molecule has 0 saturated heterocycles. The summed E-state index contributed by atoms with van der Waals surface area (Å²) in [5, 5.41) is 16.1. The number of amides is 2. The number of nitrogens with one attached hydrogen (secondary N) is 2. The van der Waals surface area contributed by atoms with Crippen molar-refractivity contribution in [2.75, 3.05) is 5.32 Å². The fraction of sp³-hybridized carbons (Fsp3) is 0.529. The number of non-ortho nitro benzene ring substituents is 1. The number of hydrogen-bond acceptors (Lipinski definition) is 4. The first-order valence-corrected chi connectivity index (χ1v) is 8.26. The van der Waals surface area contributed by atoms with Gasteiger partial charge in [0.2, 0.25) is 11.8 Å². The van der Waals surface area contributed by atoms with Crippen LogP contribution in [0, 0.1) is 10.1 Å². The first-order valence-electron chi connectivity index (χ1n) is 8.26. The molecule has 0 saturated carbocycles. The molecular weight excluding hydrogens is 310 g/mol. The molecule has 7 heteroatoms. The van der Waals surface area contributed by atoms with Gasteiger partial charge in [0.15, 0.2) is 0 Å². The number of rotatable bonds is 10. The van der Waals surface area contributed by atoms with Crippen LogP contribution in [0.15, 0.2) is 24.3 Å². The lowest BCUT2D eigenvalue weighted by atomic mass is 10.1. The number of unbranched alkanes of at least 4 members (excludes halogenated alkanes) is 2. The fourth-order valence-electron chi connectivity index (χ4n) is 2.27. The maximum absolute atomic E-state index is 11.8. The Bertz CT molecular complexity index is 575. The molecule has 0 fully saturated rings. The van der Waals surface area contributed by atoms with E-state index in [1.54, 1.807) is 6.07 Å². The topological polar surface area (TPSA) is 101 Å². The lowest BCUT2D eigenvalue weighted by Crippen LogP contribution is -2.33. The molecule has 0 heterocycles. The highest BCUT2D eigenvalue weighted by Crippen LogP contribution is 2.17. The van der Waals surface area contributed by atoms with Gasteiger partial charge in [-0.25, -0.2) is 0 Å². The normalized spacial score (nSPS) is 11.6. The number of hydrogen-bond donors (Lipinski definition) is 2. The Balaban J connectivity index is 2.34. The Hall–Kier alpha value is -2.44. The second-order valence-corrected chi connectivity index (χ2v) is 5.82. The summed E-state index contributed by atoms with van der Waals surface area (Å²) >= 11 is 0. The van der Waals surface area contributed by atoms with E-state index in [0.717, 1.165) is 25.7 Å². The van der Waals surface area contributed by atoms with Crippen molar-refractivity contribution >= 4 is 23.2 Å². The molecule has 24 heavy (non-hydrogen) atoms. The van der Waals surface area contributed by atoms with Crippen LogP contribution in [0.25, 0.3) is 0 Å². The second-order valence-electron chi connectivity index (χ2n) is 5.82. The fourth-order valence-corrected chi connectivity index (χ4v) is 2.27. The van der Waals surface area contributed by atoms with Crippen LogP contribution in [0.5, 0.6) is 0 Å². The Morgan fingerprint density at radius 1 is 1.21 bits per heavy atom. The minimum Gasteiger partial charge on any atom is -0.354 e. The zero-order chi connectivity index (χ0) is 17.9. The molecule has 0 spiro atoms. The van der Waals surface area contributed by atoms with Gasteiger partial charge in [0.1, 0.15) is 0 Å². The van der Waals surface area contributed by atoms with Gasteiger partial charge in [-0.1, -0.05) is 32.3 Å². The minimum absolute atomic E-state index is 0.0379. The summed E-state index contributed by atoms with van der Waals surface area (Å²) < 4.78 is 0. The lowest BCUT2D eigenvalue weighted by molar-refractivity contribution is -0.384. The van der Waals surface area contributed by atoms with Crippen molar-refractivity contribution in [3.63, 3.8) is 0 Å². The predicted molar refractivity (Wildman–Crippen MR) is 92.7 cm³/mol. The third-order valence-electron chi connectivity index (χ3n) is 3.57. The number of anilines is 1. The van der Waals surface area contributed by atoms with Crippen LogP contribution in [0.2, 0.25) is 0 Å². The molecule has 0 aliphatic rings. The van der Waals surface area contributed by atoms with E-state index in [-0.39, 0.29) is 36.4 Å². The van der Waals surface area contributed by atoms with E-state index in [0.29, 0.717) is 5.69 Å². The quantitative estimate of drug-likeness (QED) is 0.389. The SMILES string of the molecule is CCCCCC(C)NC(=O)CCC(=O)Nc1cccc([N+](=O)[O-])c1. The van der Waals surface area contributed by atoms with E-state index in [2.05, 4.69) is 17.6 Å². The van der Waals surface area contributed by atoms with Crippen LogP contribution in [0.3, 0.4) is 0 Å². The first kappa shape index (κ1) is 19.6. The summed E-state index contributed by atoms with van der Waals surface area (Å²) in [6.45, 7) is 4.08. The van der Waals surface area contributed by atoms with Gasteiger partial charge in [-0.2, -0.15) is 0 Å². The molecule has 1 rings (SSSR count). The van der Waals surface area contributed by atoms with E-state index >= 15 is 0 Å². The smallest absolute Gasteiger partial charge is 0.271 e. The largest absolute Gasteiger partial charge is 0.354 e. The van der Waals surface area contributed by atoms with Crippen LogP contribution in [0.4, 0.5) is 11.4 Å². The van der Waals surface area contributed by atoms with Crippen molar-refractivity contribution in [1.82, 2.24) is 5.32 Å². The highest BCUT2D eigenvalue weighted by molar-refractivity contribution is 5.93. The summed E-state index contributed by atoms with van der Waals surface area (Å²) in [6, 6.07) is 5.81. The molecule has 0 radical (unpaired) electrons. The number of carbonyl (C=O) groups is 2. The molecule has 1 unspecified atom stereocenters. The van der Waals surface area contributed by atoms with Crippen molar-refractivity contribution in [3.05, 3.63) is 34.4 Å². The third kappa shape index (κ3) is 7.71. The van der Waals surface area contributed by atoms with Gasteiger partial charge in [0.05, 0.1) is 4.92 Å². The summed E-state index contributed by atoms with van der Waals surface area (Å²) in [5.74, 6) is -0.502. The van der Waals surface area contributed by atoms with Gasteiger partial charge < -0.3 is 10.6 Å². The van der Waals surface area contributed by atoms with Gasteiger partial charge in [0.25, 0.3) is 5.69 Å². The van der Waals surface area contributed by atoms with E-state index in [1.165, 1.54) is 18.2 Å².